The number of halogens is 1. The lowest BCUT2D eigenvalue weighted by Crippen LogP contribution is -2.14. The molecule has 1 N–H and O–H groups in total. The van der Waals surface area contributed by atoms with Crippen molar-refractivity contribution in [3.63, 3.8) is 0 Å². The molecule has 5 heteroatoms. The van der Waals surface area contributed by atoms with E-state index in [-0.39, 0.29) is 12.3 Å². The van der Waals surface area contributed by atoms with Crippen LogP contribution in [0.1, 0.15) is 30.9 Å². The van der Waals surface area contributed by atoms with E-state index in [0.29, 0.717) is 11.6 Å². The average molecular weight is 372 g/mol. The minimum absolute atomic E-state index is 0.107. The molecule has 0 unspecified atom stereocenters. The molecule has 0 bridgehead atoms. The van der Waals surface area contributed by atoms with Gasteiger partial charge in [0.05, 0.1) is 19.3 Å². The number of nitrogens with one attached hydrogen (secondary N) is 1. The van der Waals surface area contributed by atoms with Crippen LogP contribution in [0, 0.1) is 6.92 Å². The number of rotatable bonds is 7. The molecule has 136 valence electrons. The van der Waals surface area contributed by atoms with Gasteiger partial charge in [-0.05, 0) is 55.3 Å². The van der Waals surface area contributed by atoms with Gasteiger partial charge in [0, 0.05) is 21.7 Å². The van der Waals surface area contributed by atoms with E-state index in [1.165, 1.54) is 0 Å². The van der Waals surface area contributed by atoms with Gasteiger partial charge >= 0.3 is 0 Å². The second-order valence-electron chi connectivity index (χ2n) is 6.31. The van der Waals surface area contributed by atoms with Gasteiger partial charge in [0.15, 0.2) is 0 Å². The Labute approximate surface area is 158 Å². The Kier molecular flexibility index (Phi) is 5.84. The number of amides is 1. The van der Waals surface area contributed by atoms with Crippen molar-refractivity contribution in [1.82, 2.24) is 0 Å². The summed E-state index contributed by atoms with van der Waals surface area (Å²) in [6.07, 6.45) is 3.97. The van der Waals surface area contributed by atoms with Crippen LogP contribution in [0.5, 0.6) is 5.75 Å². The van der Waals surface area contributed by atoms with Crippen molar-refractivity contribution in [2.45, 2.75) is 33.1 Å². The minimum Gasteiger partial charge on any atom is -0.494 e. The Morgan fingerprint density at radius 2 is 2.00 bits per heavy atom. The first-order valence-electron chi connectivity index (χ1n) is 8.75. The van der Waals surface area contributed by atoms with Gasteiger partial charge in [-0.2, -0.15) is 0 Å². The van der Waals surface area contributed by atoms with Gasteiger partial charge in [-0.25, -0.2) is 0 Å². The number of fused-ring (bicyclic) bond motifs is 1. The fourth-order valence-electron chi connectivity index (χ4n) is 2.69. The monoisotopic (exact) mass is 371 g/mol. The van der Waals surface area contributed by atoms with E-state index >= 15 is 0 Å². The minimum atomic E-state index is -0.107. The molecule has 0 saturated heterocycles. The van der Waals surface area contributed by atoms with Gasteiger partial charge in [-0.15, -0.1) is 0 Å². The number of hydrogen-bond donors (Lipinski definition) is 1. The highest BCUT2D eigenvalue weighted by Crippen LogP contribution is 2.28. The number of ether oxygens (including phenoxy) is 1. The summed E-state index contributed by atoms with van der Waals surface area (Å²) in [5, 5.41) is 4.43. The number of furan rings is 1. The fourth-order valence-corrected chi connectivity index (χ4v) is 2.85. The van der Waals surface area contributed by atoms with Crippen LogP contribution in [0.3, 0.4) is 0 Å². The molecular weight excluding hydrogens is 350 g/mol. The van der Waals surface area contributed by atoms with Crippen molar-refractivity contribution in [1.29, 1.82) is 0 Å². The van der Waals surface area contributed by atoms with Crippen molar-refractivity contribution in [2.75, 3.05) is 11.9 Å². The summed E-state index contributed by atoms with van der Waals surface area (Å²) in [6, 6.07) is 11.1. The molecular formula is C21H22ClNO3. The van der Waals surface area contributed by atoms with Crippen LogP contribution in [0.4, 0.5) is 5.69 Å². The molecule has 3 rings (SSSR count). The molecule has 1 amide bonds. The van der Waals surface area contributed by atoms with E-state index in [2.05, 4.69) is 12.2 Å². The molecule has 0 fully saturated rings. The van der Waals surface area contributed by atoms with Crippen LogP contribution in [0.15, 0.2) is 47.1 Å². The zero-order valence-corrected chi connectivity index (χ0v) is 15.7. The lowest BCUT2D eigenvalue weighted by molar-refractivity contribution is -0.115. The van der Waals surface area contributed by atoms with Gasteiger partial charge in [0.1, 0.15) is 11.3 Å². The number of carbonyl (C=O) groups is 1. The molecule has 0 radical (unpaired) electrons. The molecule has 3 aromatic rings. The van der Waals surface area contributed by atoms with Crippen LogP contribution >= 0.6 is 11.6 Å². The molecule has 1 heterocycles. The molecule has 0 spiro atoms. The maximum absolute atomic E-state index is 12.4. The number of unbranched alkanes of at least 4 members (excludes halogenated alkanes) is 1. The van der Waals surface area contributed by atoms with E-state index in [0.717, 1.165) is 46.4 Å². The lowest BCUT2D eigenvalue weighted by Gasteiger charge is -2.08. The quantitative estimate of drug-likeness (QED) is 0.537. The standard InChI is InChI=1S/C21H22ClNO3/c1-3-4-9-25-17-7-5-16(6-8-17)23-21(24)11-15-13-26-20-10-14(2)19(22)12-18(15)20/h5-8,10,12-13H,3-4,9,11H2,1-2H3,(H,23,24). The first-order chi connectivity index (χ1) is 12.6. The maximum atomic E-state index is 12.4. The highest BCUT2D eigenvalue weighted by atomic mass is 35.5. The summed E-state index contributed by atoms with van der Waals surface area (Å²) in [7, 11) is 0. The molecule has 0 aliphatic heterocycles. The molecule has 4 nitrogen and oxygen atoms in total. The third kappa shape index (κ3) is 4.38. The third-order valence-corrected chi connectivity index (χ3v) is 4.60. The van der Waals surface area contributed by atoms with E-state index in [1.54, 1.807) is 6.26 Å². The summed E-state index contributed by atoms with van der Waals surface area (Å²) in [5.41, 5.74) is 3.24. The van der Waals surface area contributed by atoms with Gasteiger partial charge in [-0.1, -0.05) is 24.9 Å². The molecule has 0 aliphatic rings. The summed E-state index contributed by atoms with van der Waals surface area (Å²) in [4.78, 5) is 12.4. The van der Waals surface area contributed by atoms with Crippen LogP contribution in [-0.4, -0.2) is 12.5 Å². The number of hydrogen-bond acceptors (Lipinski definition) is 3. The lowest BCUT2D eigenvalue weighted by atomic mass is 10.1. The second-order valence-corrected chi connectivity index (χ2v) is 6.72. The normalized spacial score (nSPS) is 10.9. The highest BCUT2D eigenvalue weighted by Gasteiger charge is 2.12. The Balaban J connectivity index is 1.63. The molecule has 0 saturated carbocycles. The van der Waals surface area contributed by atoms with Crippen LogP contribution in [0.25, 0.3) is 11.0 Å². The van der Waals surface area contributed by atoms with Gasteiger partial charge in [0.25, 0.3) is 0 Å². The van der Waals surface area contributed by atoms with Gasteiger partial charge in [-0.3, -0.25) is 4.79 Å². The number of carbonyl (C=O) groups excluding carboxylic acids is 1. The van der Waals surface area contributed by atoms with Crippen LogP contribution in [-0.2, 0) is 11.2 Å². The Hall–Kier alpha value is -2.46. The maximum Gasteiger partial charge on any atom is 0.228 e. The van der Waals surface area contributed by atoms with Crippen molar-refractivity contribution in [3.05, 3.63) is 58.8 Å². The SMILES string of the molecule is CCCCOc1ccc(NC(=O)Cc2coc3cc(C)c(Cl)cc23)cc1. The first kappa shape index (κ1) is 18.3. The second kappa shape index (κ2) is 8.28. The van der Waals surface area contributed by atoms with Crippen LogP contribution < -0.4 is 10.1 Å². The largest absolute Gasteiger partial charge is 0.494 e. The predicted molar refractivity (Wildman–Crippen MR) is 105 cm³/mol. The number of benzene rings is 2. The van der Waals surface area contributed by atoms with E-state index in [1.807, 2.05) is 43.3 Å². The number of aryl methyl sites for hydroxylation is 1. The van der Waals surface area contributed by atoms with Gasteiger partial charge in [0.2, 0.25) is 5.91 Å². The molecule has 26 heavy (non-hydrogen) atoms. The highest BCUT2D eigenvalue weighted by molar-refractivity contribution is 6.32. The zero-order valence-electron chi connectivity index (χ0n) is 15.0. The molecule has 0 atom stereocenters. The zero-order chi connectivity index (χ0) is 18.5. The molecule has 0 aliphatic carbocycles. The topological polar surface area (TPSA) is 51.5 Å². The Morgan fingerprint density at radius 3 is 2.73 bits per heavy atom. The predicted octanol–water partition coefficient (Wildman–Crippen LogP) is 5.75. The third-order valence-electron chi connectivity index (χ3n) is 4.19. The summed E-state index contributed by atoms with van der Waals surface area (Å²) in [5.74, 6) is 0.700. The smallest absolute Gasteiger partial charge is 0.228 e. The van der Waals surface area contributed by atoms with E-state index in [4.69, 9.17) is 20.8 Å². The molecule has 1 aromatic heterocycles. The van der Waals surface area contributed by atoms with E-state index < -0.39 is 0 Å². The van der Waals surface area contributed by atoms with Crippen molar-refractivity contribution in [2.24, 2.45) is 0 Å². The summed E-state index contributed by atoms with van der Waals surface area (Å²) < 4.78 is 11.2. The van der Waals surface area contributed by atoms with Crippen LogP contribution in [0.2, 0.25) is 5.02 Å². The Bertz CT molecular complexity index is 900. The first-order valence-corrected chi connectivity index (χ1v) is 9.13. The Morgan fingerprint density at radius 1 is 1.23 bits per heavy atom. The van der Waals surface area contributed by atoms with Crippen molar-refractivity contribution < 1.29 is 13.9 Å². The fraction of sp³-hybridized carbons (Fsp3) is 0.286. The van der Waals surface area contributed by atoms with Crippen molar-refractivity contribution >= 4 is 34.2 Å². The summed E-state index contributed by atoms with van der Waals surface area (Å²) >= 11 is 6.19. The van der Waals surface area contributed by atoms with E-state index in [9.17, 15) is 4.79 Å². The number of anilines is 1. The van der Waals surface area contributed by atoms with Crippen molar-refractivity contribution in [3.8, 4) is 5.75 Å². The van der Waals surface area contributed by atoms with Gasteiger partial charge < -0.3 is 14.5 Å². The molecule has 2 aromatic carbocycles. The summed E-state index contributed by atoms with van der Waals surface area (Å²) in [6.45, 7) is 4.75. The average Bonchev–Trinajstić information content (AvgIpc) is 2.99.